The lowest BCUT2D eigenvalue weighted by Crippen LogP contribution is -2.53. The number of fused-ring (bicyclic) bond motifs is 6. The molecule has 0 saturated heterocycles. The van der Waals surface area contributed by atoms with Crippen molar-refractivity contribution >= 4 is 0 Å². The molecule has 0 amide bonds. The Bertz CT molecular complexity index is 1810. The summed E-state index contributed by atoms with van der Waals surface area (Å²) < 4.78 is 0. The predicted octanol–water partition coefficient (Wildman–Crippen LogP) is 8.93. The van der Waals surface area contributed by atoms with E-state index in [4.69, 9.17) is 4.84 Å². The standard InChI is InChI=1S/C40H31NO/c1-29-24-26-30(27-25-29)38-31-14-13-21-35(28-31)40(34-19-9-4-10-20-34)37-23-12-11-22-36(37)39(41(40)42-38,32-15-5-2-6-16-32)33-17-7-3-8-18-33/h2-28,38H,1H3. The van der Waals surface area contributed by atoms with Gasteiger partial charge >= 0.3 is 0 Å². The van der Waals surface area contributed by atoms with Gasteiger partial charge in [0.1, 0.15) is 17.2 Å². The second-order valence-corrected chi connectivity index (χ2v) is 11.4. The first-order chi connectivity index (χ1) is 20.7. The molecule has 2 unspecified atom stereocenters. The highest BCUT2D eigenvalue weighted by Crippen LogP contribution is 2.63. The van der Waals surface area contributed by atoms with Crippen LogP contribution in [0.5, 0.6) is 0 Å². The van der Waals surface area contributed by atoms with Crippen molar-refractivity contribution in [2.24, 2.45) is 0 Å². The van der Waals surface area contributed by atoms with E-state index in [1.807, 2.05) is 0 Å². The van der Waals surface area contributed by atoms with Gasteiger partial charge in [-0.15, -0.1) is 5.06 Å². The maximum Gasteiger partial charge on any atom is 0.129 e. The van der Waals surface area contributed by atoms with Gasteiger partial charge in [-0.2, -0.15) is 0 Å². The van der Waals surface area contributed by atoms with E-state index in [1.165, 1.54) is 38.9 Å². The first-order valence-electron chi connectivity index (χ1n) is 14.6. The molecule has 202 valence electrons. The zero-order chi connectivity index (χ0) is 28.1. The summed E-state index contributed by atoms with van der Waals surface area (Å²) in [5.41, 5.74) is 9.22. The van der Waals surface area contributed by atoms with Crippen molar-refractivity contribution in [2.45, 2.75) is 24.1 Å². The highest BCUT2D eigenvalue weighted by Gasteiger charge is 2.64. The van der Waals surface area contributed by atoms with Crippen molar-refractivity contribution in [1.82, 2.24) is 5.06 Å². The average molecular weight is 542 g/mol. The summed E-state index contributed by atoms with van der Waals surface area (Å²) in [6, 6.07) is 59.3. The smallest absolute Gasteiger partial charge is 0.129 e. The number of hydrogen-bond acceptors (Lipinski definition) is 2. The van der Waals surface area contributed by atoms with Crippen LogP contribution in [0.15, 0.2) is 164 Å². The van der Waals surface area contributed by atoms with E-state index in [9.17, 15) is 0 Å². The van der Waals surface area contributed by atoms with Crippen LogP contribution >= 0.6 is 0 Å². The van der Waals surface area contributed by atoms with Crippen LogP contribution in [0, 0.1) is 6.92 Å². The molecular weight excluding hydrogens is 510 g/mol. The highest BCUT2D eigenvalue weighted by atomic mass is 16.7. The Morgan fingerprint density at radius 2 is 0.905 bits per heavy atom. The van der Waals surface area contributed by atoms with Gasteiger partial charge in [0.25, 0.3) is 0 Å². The summed E-state index contributed by atoms with van der Waals surface area (Å²) in [4.78, 5) is 7.61. The van der Waals surface area contributed by atoms with Crippen LogP contribution in [-0.4, -0.2) is 5.06 Å². The molecule has 2 bridgehead atoms. The quantitative estimate of drug-likeness (QED) is 0.221. The molecule has 2 aliphatic rings. The summed E-state index contributed by atoms with van der Waals surface area (Å²) in [7, 11) is 0. The molecular formula is C40H31NO. The van der Waals surface area contributed by atoms with E-state index >= 15 is 0 Å². The van der Waals surface area contributed by atoms with Gasteiger partial charge in [-0.05, 0) is 51.4 Å². The molecule has 2 aliphatic heterocycles. The third-order valence-electron chi connectivity index (χ3n) is 9.09. The fraction of sp³-hybridized carbons (Fsp3) is 0.100. The van der Waals surface area contributed by atoms with Gasteiger partial charge in [0.05, 0.1) is 0 Å². The third kappa shape index (κ3) is 3.40. The monoisotopic (exact) mass is 541 g/mol. The first-order valence-corrected chi connectivity index (χ1v) is 14.6. The van der Waals surface area contributed by atoms with Crippen molar-refractivity contribution in [1.29, 1.82) is 0 Å². The Labute approximate surface area is 247 Å². The Morgan fingerprint density at radius 3 is 1.43 bits per heavy atom. The lowest BCUT2D eigenvalue weighted by Gasteiger charge is -2.47. The minimum Gasteiger partial charge on any atom is -0.283 e. The lowest BCUT2D eigenvalue weighted by molar-refractivity contribution is -0.257. The predicted molar refractivity (Wildman–Crippen MR) is 168 cm³/mol. The minimum atomic E-state index is -0.732. The summed E-state index contributed by atoms with van der Waals surface area (Å²) in [5, 5.41) is 2.34. The number of rotatable bonds is 4. The van der Waals surface area contributed by atoms with E-state index in [0.717, 1.165) is 11.1 Å². The number of aryl methyl sites for hydroxylation is 1. The van der Waals surface area contributed by atoms with Crippen molar-refractivity contribution in [3.05, 3.63) is 214 Å². The average Bonchev–Trinajstić information content (AvgIpc) is 3.27. The number of benzene rings is 6. The zero-order valence-corrected chi connectivity index (χ0v) is 23.5. The van der Waals surface area contributed by atoms with Crippen LogP contribution in [0.1, 0.15) is 56.2 Å². The molecule has 2 nitrogen and oxygen atoms in total. The van der Waals surface area contributed by atoms with Crippen molar-refractivity contribution in [3.63, 3.8) is 0 Å². The van der Waals surface area contributed by atoms with E-state index in [0.29, 0.717) is 0 Å². The SMILES string of the molecule is Cc1ccc(C2ON3C(c4ccccc4)(c4ccccc4)c4ccccc4C3(c3ccccc3)c3cccc2c3)cc1. The number of hydroxylamine groups is 2. The topological polar surface area (TPSA) is 12.5 Å². The van der Waals surface area contributed by atoms with Gasteiger partial charge in [-0.1, -0.05) is 169 Å². The van der Waals surface area contributed by atoms with Gasteiger partial charge in [0, 0.05) is 0 Å². The molecule has 6 aromatic carbocycles. The Morgan fingerprint density at radius 1 is 0.452 bits per heavy atom. The van der Waals surface area contributed by atoms with Gasteiger partial charge in [0.2, 0.25) is 0 Å². The molecule has 0 aliphatic carbocycles. The molecule has 0 fully saturated rings. The molecule has 0 N–H and O–H groups in total. The second kappa shape index (κ2) is 9.66. The Kier molecular flexibility index (Phi) is 5.75. The molecule has 42 heavy (non-hydrogen) atoms. The fourth-order valence-corrected chi connectivity index (χ4v) is 7.29. The van der Waals surface area contributed by atoms with Crippen LogP contribution in [0.2, 0.25) is 0 Å². The summed E-state index contributed by atoms with van der Waals surface area (Å²) in [5.74, 6) is 0. The normalized spacial score (nSPS) is 20.4. The van der Waals surface area contributed by atoms with Crippen LogP contribution in [0.3, 0.4) is 0 Å². The Balaban J connectivity index is 1.54. The molecule has 0 aromatic heterocycles. The minimum absolute atomic E-state index is 0.294. The van der Waals surface area contributed by atoms with E-state index in [2.05, 4.69) is 176 Å². The number of nitrogens with zero attached hydrogens (tertiary/aromatic N) is 1. The largest absolute Gasteiger partial charge is 0.283 e. The third-order valence-corrected chi connectivity index (χ3v) is 9.09. The number of hydrogen-bond donors (Lipinski definition) is 0. The molecule has 0 saturated carbocycles. The summed E-state index contributed by atoms with van der Waals surface area (Å²) in [6.07, 6.45) is -0.294. The molecule has 6 aromatic rings. The first kappa shape index (κ1) is 25.0. The van der Waals surface area contributed by atoms with Gasteiger partial charge in [-0.25, -0.2) is 0 Å². The zero-order valence-electron chi connectivity index (χ0n) is 23.5. The van der Waals surface area contributed by atoms with Crippen LogP contribution in [0.25, 0.3) is 0 Å². The molecule has 0 radical (unpaired) electrons. The lowest BCUT2D eigenvalue weighted by atomic mass is 9.76. The van der Waals surface area contributed by atoms with Crippen LogP contribution < -0.4 is 0 Å². The van der Waals surface area contributed by atoms with Crippen LogP contribution in [-0.2, 0) is 15.9 Å². The maximum atomic E-state index is 7.61. The molecule has 2 heterocycles. The fourth-order valence-electron chi connectivity index (χ4n) is 7.29. The van der Waals surface area contributed by atoms with Crippen molar-refractivity contribution in [2.75, 3.05) is 0 Å². The molecule has 2 heteroatoms. The maximum absolute atomic E-state index is 7.61. The molecule has 2 atom stereocenters. The summed E-state index contributed by atoms with van der Waals surface area (Å²) >= 11 is 0. The van der Waals surface area contributed by atoms with E-state index in [1.54, 1.807) is 0 Å². The van der Waals surface area contributed by atoms with Crippen molar-refractivity contribution in [3.8, 4) is 0 Å². The van der Waals surface area contributed by atoms with Gasteiger partial charge in [-0.3, -0.25) is 4.84 Å². The van der Waals surface area contributed by atoms with E-state index in [-0.39, 0.29) is 6.10 Å². The second-order valence-electron chi connectivity index (χ2n) is 11.4. The Hall–Kier alpha value is -4.76. The van der Waals surface area contributed by atoms with E-state index < -0.39 is 11.1 Å². The van der Waals surface area contributed by atoms with Crippen molar-refractivity contribution < 1.29 is 4.84 Å². The van der Waals surface area contributed by atoms with Crippen LogP contribution in [0.4, 0.5) is 0 Å². The van der Waals surface area contributed by atoms with Gasteiger partial charge in [0.15, 0.2) is 0 Å². The summed E-state index contributed by atoms with van der Waals surface area (Å²) in [6.45, 7) is 2.13. The molecule has 0 spiro atoms. The molecule has 8 rings (SSSR count). The van der Waals surface area contributed by atoms with Gasteiger partial charge < -0.3 is 0 Å². The highest BCUT2D eigenvalue weighted by molar-refractivity contribution is 5.65.